The van der Waals surface area contributed by atoms with Crippen LogP contribution in [0.4, 0.5) is 5.69 Å². The molecule has 6 rings (SSSR count). The normalized spacial score (nSPS) is 14.6. The van der Waals surface area contributed by atoms with E-state index in [1.807, 2.05) is 105 Å². The van der Waals surface area contributed by atoms with Crippen molar-refractivity contribution in [1.29, 1.82) is 0 Å². The zero-order valence-electron chi connectivity index (χ0n) is 22.2. The number of carbonyl (C=O) groups is 1. The van der Waals surface area contributed by atoms with Crippen molar-refractivity contribution >= 4 is 22.6 Å². The zero-order valence-corrected chi connectivity index (χ0v) is 22.2. The highest BCUT2D eigenvalue weighted by molar-refractivity contribution is 6.10. The summed E-state index contributed by atoms with van der Waals surface area (Å²) >= 11 is 0. The Morgan fingerprint density at radius 2 is 1.56 bits per heavy atom. The molecule has 0 spiro atoms. The maximum atomic E-state index is 14.0. The molecule has 1 aliphatic rings. The maximum absolute atomic E-state index is 14.0. The number of benzene rings is 4. The van der Waals surface area contributed by atoms with Crippen molar-refractivity contribution in [3.05, 3.63) is 140 Å². The molecule has 0 saturated heterocycles. The summed E-state index contributed by atoms with van der Waals surface area (Å²) in [5.41, 5.74) is 6.31. The fourth-order valence-corrected chi connectivity index (χ4v) is 5.22. The van der Waals surface area contributed by atoms with E-state index in [2.05, 4.69) is 6.92 Å². The SMILES string of the molecule is CCc1ccc(N2C(=O)c3oc4cc(C)c(C)cc4c(=O)c3C2c2cccc(OCc3ccccc3)c2)cc1. The van der Waals surface area contributed by atoms with Crippen molar-refractivity contribution in [2.75, 3.05) is 4.90 Å². The van der Waals surface area contributed by atoms with Crippen LogP contribution < -0.4 is 15.1 Å². The van der Waals surface area contributed by atoms with Gasteiger partial charge >= 0.3 is 0 Å². The molecule has 1 aliphatic heterocycles. The molecule has 0 N–H and O–H groups in total. The van der Waals surface area contributed by atoms with Crippen molar-refractivity contribution in [1.82, 2.24) is 0 Å². The topological polar surface area (TPSA) is 59.8 Å². The molecule has 1 unspecified atom stereocenters. The molecule has 5 nitrogen and oxygen atoms in total. The number of amides is 1. The second-order valence-electron chi connectivity index (χ2n) is 10.1. The minimum atomic E-state index is -0.650. The van der Waals surface area contributed by atoms with Crippen molar-refractivity contribution in [3.8, 4) is 5.75 Å². The second kappa shape index (κ2) is 9.91. The summed E-state index contributed by atoms with van der Waals surface area (Å²) in [5, 5.41) is 0.481. The first-order chi connectivity index (χ1) is 18.9. The molecular formula is C34H29NO4. The Labute approximate surface area is 227 Å². The highest BCUT2D eigenvalue weighted by Gasteiger charge is 2.43. The van der Waals surface area contributed by atoms with Crippen LogP contribution >= 0.6 is 0 Å². The lowest BCUT2D eigenvalue weighted by atomic mass is 9.97. The molecular weight excluding hydrogens is 486 g/mol. The lowest BCUT2D eigenvalue weighted by molar-refractivity contribution is 0.0971. The van der Waals surface area contributed by atoms with Crippen LogP contribution in [0.3, 0.4) is 0 Å². The van der Waals surface area contributed by atoms with E-state index in [0.29, 0.717) is 34.6 Å². The summed E-state index contributed by atoms with van der Waals surface area (Å²) in [7, 11) is 0. The molecule has 0 fully saturated rings. The average molecular weight is 516 g/mol. The van der Waals surface area contributed by atoms with E-state index in [4.69, 9.17) is 9.15 Å². The van der Waals surface area contributed by atoms with E-state index in [0.717, 1.165) is 28.7 Å². The van der Waals surface area contributed by atoms with E-state index in [-0.39, 0.29) is 17.1 Å². The van der Waals surface area contributed by atoms with Gasteiger partial charge in [0.1, 0.15) is 17.9 Å². The minimum Gasteiger partial charge on any atom is -0.489 e. The number of aryl methyl sites for hydroxylation is 3. The first-order valence-electron chi connectivity index (χ1n) is 13.2. The van der Waals surface area contributed by atoms with Crippen LogP contribution in [0.15, 0.2) is 100 Å². The fourth-order valence-electron chi connectivity index (χ4n) is 5.22. The minimum absolute atomic E-state index is 0.0935. The molecule has 1 atom stereocenters. The third-order valence-corrected chi connectivity index (χ3v) is 7.53. The van der Waals surface area contributed by atoms with Crippen LogP contribution in [0.1, 0.15) is 56.9 Å². The van der Waals surface area contributed by atoms with Gasteiger partial charge in [-0.3, -0.25) is 14.5 Å². The number of nitrogens with zero attached hydrogens (tertiary/aromatic N) is 1. The predicted molar refractivity (Wildman–Crippen MR) is 154 cm³/mol. The van der Waals surface area contributed by atoms with E-state index in [1.54, 1.807) is 4.90 Å². The van der Waals surface area contributed by atoms with Crippen molar-refractivity contribution in [3.63, 3.8) is 0 Å². The van der Waals surface area contributed by atoms with Gasteiger partial charge in [-0.05, 0) is 84.5 Å². The Morgan fingerprint density at radius 3 is 2.31 bits per heavy atom. The highest BCUT2D eigenvalue weighted by atomic mass is 16.5. The van der Waals surface area contributed by atoms with E-state index in [9.17, 15) is 9.59 Å². The summed E-state index contributed by atoms with van der Waals surface area (Å²) in [5.74, 6) is 0.429. The molecule has 0 saturated carbocycles. The number of carbonyl (C=O) groups excluding carboxylic acids is 1. The first-order valence-corrected chi connectivity index (χ1v) is 13.2. The zero-order chi connectivity index (χ0) is 27.1. The Balaban J connectivity index is 1.50. The first kappa shape index (κ1) is 24.7. The lowest BCUT2D eigenvalue weighted by Gasteiger charge is -2.25. The quantitative estimate of drug-likeness (QED) is 0.238. The van der Waals surface area contributed by atoms with Crippen molar-refractivity contribution < 1.29 is 13.9 Å². The number of hydrogen-bond acceptors (Lipinski definition) is 4. The third kappa shape index (κ3) is 4.40. The van der Waals surface area contributed by atoms with E-state index in [1.165, 1.54) is 5.56 Å². The Hall–Kier alpha value is -4.64. The smallest absolute Gasteiger partial charge is 0.295 e. The number of ether oxygens (including phenoxy) is 1. The molecule has 0 bridgehead atoms. The van der Waals surface area contributed by atoms with Crippen LogP contribution in [0.25, 0.3) is 11.0 Å². The van der Waals surface area contributed by atoms with Crippen LogP contribution in [0.5, 0.6) is 5.75 Å². The molecule has 194 valence electrons. The molecule has 5 heteroatoms. The fraction of sp³-hybridized carbons (Fsp3) is 0.176. The summed E-state index contributed by atoms with van der Waals surface area (Å²) in [4.78, 5) is 29.6. The van der Waals surface area contributed by atoms with E-state index >= 15 is 0 Å². The summed E-state index contributed by atoms with van der Waals surface area (Å²) < 4.78 is 12.3. The van der Waals surface area contributed by atoms with Crippen molar-refractivity contribution in [2.24, 2.45) is 0 Å². The number of rotatable bonds is 6. The summed E-state index contributed by atoms with van der Waals surface area (Å²) in [6.45, 7) is 6.44. The van der Waals surface area contributed by atoms with Gasteiger partial charge in [-0.25, -0.2) is 0 Å². The van der Waals surface area contributed by atoms with Crippen LogP contribution in [0.2, 0.25) is 0 Å². The predicted octanol–water partition coefficient (Wildman–Crippen LogP) is 7.30. The van der Waals surface area contributed by atoms with Crippen LogP contribution in [-0.2, 0) is 13.0 Å². The van der Waals surface area contributed by atoms with Gasteiger partial charge in [-0.2, -0.15) is 0 Å². The highest BCUT2D eigenvalue weighted by Crippen LogP contribution is 2.42. The standard InChI is InChI=1S/C34H29NO4/c1-4-23-13-15-26(16-14-23)35-31(25-11-8-12-27(19-25)38-20-24-9-6-5-7-10-24)30-32(36)28-17-21(2)22(3)18-29(28)39-33(30)34(35)37/h5-19,31H,4,20H2,1-3H3. The summed E-state index contributed by atoms with van der Waals surface area (Å²) in [6, 6.07) is 28.5. The number of hydrogen-bond donors (Lipinski definition) is 0. The number of anilines is 1. The second-order valence-corrected chi connectivity index (χ2v) is 10.1. The monoisotopic (exact) mass is 515 g/mol. The average Bonchev–Trinajstić information content (AvgIpc) is 3.26. The van der Waals surface area contributed by atoms with Crippen LogP contribution in [-0.4, -0.2) is 5.91 Å². The molecule has 2 heterocycles. The molecule has 0 aliphatic carbocycles. The molecule has 4 aromatic carbocycles. The molecule has 5 aromatic rings. The molecule has 1 aromatic heterocycles. The Bertz CT molecular complexity index is 1750. The van der Waals surface area contributed by atoms with Gasteiger partial charge in [0.2, 0.25) is 5.76 Å². The third-order valence-electron chi connectivity index (χ3n) is 7.53. The van der Waals surface area contributed by atoms with E-state index < -0.39 is 6.04 Å². The van der Waals surface area contributed by atoms with Gasteiger partial charge in [-0.1, -0.05) is 61.5 Å². The van der Waals surface area contributed by atoms with Gasteiger partial charge in [0.25, 0.3) is 5.91 Å². The van der Waals surface area contributed by atoms with Gasteiger partial charge in [0.05, 0.1) is 17.0 Å². The molecule has 1 amide bonds. The van der Waals surface area contributed by atoms with Gasteiger partial charge in [0, 0.05) is 5.69 Å². The van der Waals surface area contributed by atoms with Gasteiger partial charge in [0.15, 0.2) is 5.43 Å². The Kier molecular flexibility index (Phi) is 6.27. The van der Waals surface area contributed by atoms with Crippen LogP contribution in [0, 0.1) is 13.8 Å². The number of fused-ring (bicyclic) bond motifs is 2. The molecule has 39 heavy (non-hydrogen) atoms. The Morgan fingerprint density at radius 1 is 0.821 bits per heavy atom. The van der Waals surface area contributed by atoms with Gasteiger partial charge in [-0.15, -0.1) is 0 Å². The lowest BCUT2D eigenvalue weighted by Crippen LogP contribution is -2.29. The van der Waals surface area contributed by atoms with Crippen molar-refractivity contribution in [2.45, 2.75) is 39.8 Å². The summed E-state index contributed by atoms with van der Waals surface area (Å²) in [6.07, 6.45) is 0.892. The largest absolute Gasteiger partial charge is 0.489 e. The van der Waals surface area contributed by atoms with Gasteiger partial charge < -0.3 is 9.15 Å². The maximum Gasteiger partial charge on any atom is 0.295 e. The molecule has 0 radical (unpaired) electrons.